The number of benzene rings is 1. The molecule has 0 bridgehead atoms. The first-order chi connectivity index (χ1) is 7.20. The lowest BCUT2D eigenvalue weighted by Gasteiger charge is -2.26. The van der Waals surface area contributed by atoms with Crippen LogP contribution >= 0.6 is 0 Å². The molecule has 0 atom stereocenters. The van der Waals surface area contributed by atoms with Crippen molar-refractivity contribution in [1.82, 2.24) is 0 Å². The van der Waals surface area contributed by atoms with Crippen molar-refractivity contribution in [2.24, 2.45) is 5.92 Å². The fourth-order valence-corrected chi connectivity index (χ4v) is 1.80. The summed E-state index contributed by atoms with van der Waals surface area (Å²) in [4.78, 5) is 14.0. The highest BCUT2D eigenvalue weighted by Crippen LogP contribution is 2.33. The summed E-state index contributed by atoms with van der Waals surface area (Å²) in [5.74, 6) is 0.573. The van der Waals surface area contributed by atoms with Gasteiger partial charge in [-0.25, -0.2) is 0 Å². The number of carbonyl (C=O) groups excluding carboxylic acids is 1. The topological polar surface area (TPSA) is 20.3 Å². The van der Waals surface area contributed by atoms with E-state index in [1.807, 2.05) is 35.2 Å². The molecule has 80 valence electrons. The molecule has 0 aliphatic heterocycles. The van der Waals surface area contributed by atoms with Crippen LogP contribution in [0.5, 0.6) is 0 Å². The van der Waals surface area contributed by atoms with Gasteiger partial charge in [-0.3, -0.25) is 4.79 Å². The van der Waals surface area contributed by atoms with Crippen molar-refractivity contribution in [1.29, 1.82) is 0 Å². The standard InChI is InChI=1S/C13H17NO/c1-10(2)14(13(15)11-8-9-11)12-6-4-3-5-7-12/h3-7,10-11H,8-9H2,1-2H3. The van der Waals surface area contributed by atoms with Crippen molar-refractivity contribution in [3.63, 3.8) is 0 Å². The van der Waals surface area contributed by atoms with Crippen LogP contribution in [0.15, 0.2) is 30.3 Å². The van der Waals surface area contributed by atoms with Gasteiger partial charge in [0, 0.05) is 17.6 Å². The van der Waals surface area contributed by atoms with E-state index in [0.717, 1.165) is 18.5 Å². The summed E-state index contributed by atoms with van der Waals surface area (Å²) in [7, 11) is 0. The number of nitrogens with zero attached hydrogens (tertiary/aromatic N) is 1. The first kappa shape index (κ1) is 10.2. The number of rotatable bonds is 3. The Labute approximate surface area is 90.9 Å². The van der Waals surface area contributed by atoms with Gasteiger partial charge in [0.1, 0.15) is 0 Å². The van der Waals surface area contributed by atoms with E-state index in [4.69, 9.17) is 0 Å². The molecule has 1 amide bonds. The monoisotopic (exact) mass is 203 g/mol. The van der Waals surface area contributed by atoms with Crippen molar-refractivity contribution < 1.29 is 4.79 Å². The predicted molar refractivity (Wildman–Crippen MR) is 61.8 cm³/mol. The van der Waals surface area contributed by atoms with Crippen molar-refractivity contribution in [3.05, 3.63) is 30.3 Å². The van der Waals surface area contributed by atoms with E-state index >= 15 is 0 Å². The van der Waals surface area contributed by atoms with Crippen molar-refractivity contribution in [2.45, 2.75) is 32.7 Å². The highest BCUT2D eigenvalue weighted by molar-refractivity contribution is 5.96. The summed E-state index contributed by atoms with van der Waals surface area (Å²) in [5, 5.41) is 0. The molecule has 0 unspecified atom stereocenters. The van der Waals surface area contributed by atoms with Gasteiger partial charge >= 0.3 is 0 Å². The van der Waals surface area contributed by atoms with Crippen molar-refractivity contribution in [3.8, 4) is 0 Å². The van der Waals surface area contributed by atoms with Gasteiger partial charge in [0.25, 0.3) is 0 Å². The Kier molecular flexibility index (Phi) is 2.76. The maximum Gasteiger partial charge on any atom is 0.230 e. The van der Waals surface area contributed by atoms with Crippen LogP contribution in [0.3, 0.4) is 0 Å². The lowest BCUT2D eigenvalue weighted by atomic mass is 10.2. The fourth-order valence-electron chi connectivity index (χ4n) is 1.80. The Morgan fingerprint density at radius 3 is 2.33 bits per heavy atom. The van der Waals surface area contributed by atoms with Crippen molar-refractivity contribution in [2.75, 3.05) is 4.90 Å². The summed E-state index contributed by atoms with van der Waals surface area (Å²) in [6.07, 6.45) is 2.13. The molecule has 0 radical (unpaired) electrons. The van der Waals surface area contributed by atoms with Crippen LogP contribution in [0.2, 0.25) is 0 Å². The minimum Gasteiger partial charge on any atom is -0.310 e. The number of para-hydroxylation sites is 1. The first-order valence-corrected chi connectivity index (χ1v) is 5.58. The van der Waals surface area contributed by atoms with Crippen LogP contribution in [0.1, 0.15) is 26.7 Å². The summed E-state index contributed by atoms with van der Waals surface area (Å²) in [6, 6.07) is 10.2. The van der Waals surface area contributed by atoms with E-state index < -0.39 is 0 Å². The zero-order chi connectivity index (χ0) is 10.8. The minimum absolute atomic E-state index is 0.237. The number of hydrogen-bond donors (Lipinski definition) is 0. The van der Waals surface area contributed by atoms with Gasteiger partial charge in [0.05, 0.1) is 0 Å². The number of carbonyl (C=O) groups is 1. The van der Waals surface area contributed by atoms with E-state index in [2.05, 4.69) is 13.8 Å². The molecule has 1 aromatic carbocycles. The molecule has 0 heterocycles. The quantitative estimate of drug-likeness (QED) is 0.739. The van der Waals surface area contributed by atoms with Crippen LogP contribution in [-0.2, 0) is 4.79 Å². The highest BCUT2D eigenvalue weighted by Gasteiger charge is 2.34. The molecule has 1 fully saturated rings. The van der Waals surface area contributed by atoms with Gasteiger partial charge in [-0.2, -0.15) is 0 Å². The maximum atomic E-state index is 12.1. The molecule has 1 saturated carbocycles. The van der Waals surface area contributed by atoms with Crippen LogP contribution in [-0.4, -0.2) is 11.9 Å². The van der Waals surface area contributed by atoms with E-state index in [9.17, 15) is 4.79 Å². The van der Waals surface area contributed by atoms with Crippen LogP contribution < -0.4 is 4.90 Å². The summed E-state index contributed by atoms with van der Waals surface area (Å²) < 4.78 is 0. The Morgan fingerprint density at radius 1 is 1.27 bits per heavy atom. The smallest absolute Gasteiger partial charge is 0.230 e. The Hall–Kier alpha value is -1.31. The summed E-state index contributed by atoms with van der Waals surface area (Å²) >= 11 is 0. The SMILES string of the molecule is CC(C)N(C(=O)C1CC1)c1ccccc1. The van der Waals surface area contributed by atoms with Gasteiger partial charge in [-0.15, -0.1) is 0 Å². The highest BCUT2D eigenvalue weighted by atomic mass is 16.2. The molecule has 2 nitrogen and oxygen atoms in total. The molecule has 0 saturated heterocycles. The number of hydrogen-bond acceptors (Lipinski definition) is 1. The summed E-state index contributed by atoms with van der Waals surface area (Å²) in [6.45, 7) is 4.13. The molecule has 2 heteroatoms. The molecular formula is C13H17NO. The summed E-state index contributed by atoms with van der Waals surface area (Å²) in [5.41, 5.74) is 1.02. The lowest BCUT2D eigenvalue weighted by Crippen LogP contribution is -2.38. The zero-order valence-corrected chi connectivity index (χ0v) is 9.31. The van der Waals surface area contributed by atoms with Gasteiger partial charge in [0.2, 0.25) is 5.91 Å². The molecule has 0 N–H and O–H groups in total. The Balaban J connectivity index is 2.23. The second kappa shape index (κ2) is 4.05. The van der Waals surface area contributed by atoms with Gasteiger partial charge < -0.3 is 4.90 Å². The fraction of sp³-hybridized carbons (Fsp3) is 0.462. The molecule has 0 aromatic heterocycles. The van der Waals surface area contributed by atoms with Crippen LogP contribution in [0, 0.1) is 5.92 Å². The molecule has 1 aliphatic carbocycles. The van der Waals surface area contributed by atoms with Gasteiger partial charge in [-0.1, -0.05) is 18.2 Å². The molecular weight excluding hydrogens is 186 g/mol. The normalized spacial score (nSPS) is 15.4. The van der Waals surface area contributed by atoms with E-state index in [1.54, 1.807) is 0 Å². The van der Waals surface area contributed by atoms with Gasteiger partial charge in [0.15, 0.2) is 0 Å². The zero-order valence-electron chi connectivity index (χ0n) is 9.31. The van der Waals surface area contributed by atoms with Crippen molar-refractivity contribution >= 4 is 11.6 Å². The van der Waals surface area contributed by atoms with E-state index in [1.165, 1.54) is 0 Å². The van der Waals surface area contributed by atoms with E-state index in [0.29, 0.717) is 0 Å². The minimum atomic E-state index is 0.237. The Morgan fingerprint density at radius 2 is 1.87 bits per heavy atom. The molecule has 1 aliphatic rings. The second-order valence-electron chi connectivity index (χ2n) is 4.41. The molecule has 0 spiro atoms. The average Bonchev–Trinajstić information content (AvgIpc) is 3.02. The Bertz CT molecular complexity index is 341. The molecule has 15 heavy (non-hydrogen) atoms. The third kappa shape index (κ3) is 2.20. The lowest BCUT2D eigenvalue weighted by molar-refractivity contribution is -0.120. The van der Waals surface area contributed by atoms with Crippen LogP contribution in [0.4, 0.5) is 5.69 Å². The number of amides is 1. The van der Waals surface area contributed by atoms with Gasteiger partial charge in [-0.05, 0) is 38.8 Å². The van der Waals surface area contributed by atoms with Crippen LogP contribution in [0.25, 0.3) is 0 Å². The largest absolute Gasteiger partial charge is 0.310 e. The average molecular weight is 203 g/mol. The maximum absolute atomic E-state index is 12.1. The predicted octanol–water partition coefficient (Wildman–Crippen LogP) is 2.84. The third-order valence-electron chi connectivity index (χ3n) is 2.71. The third-order valence-corrected chi connectivity index (χ3v) is 2.71. The van der Waals surface area contributed by atoms with E-state index in [-0.39, 0.29) is 17.9 Å². The first-order valence-electron chi connectivity index (χ1n) is 5.58. The molecule has 2 rings (SSSR count). The second-order valence-corrected chi connectivity index (χ2v) is 4.41. The number of anilines is 1. The molecule has 1 aromatic rings.